The second-order valence-electron chi connectivity index (χ2n) is 4.96. The van der Waals surface area contributed by atoms with Crippen LogP contribution in [0.3, 0.4) is 0 Å². The molecule has 1 aliphatic heterocycles. The van der Waals surface area contributed by atoms with Gasteiger partial charge in [0.2, 0.25) is 0 Å². The molecule has 2 aromatic heterocycles. The van der Waals surface area contributed by atoms with Crippen molar-refractivity contribution in [3.05, 3.63) is 29.7 Å². The molecule has 1 unspecified atom stereocenters. The van der Waals surface area contributed by atoms with Crippen molar-refractivity contribution in [3.63, 3.8) is 0 Å². The minimum atomic E-state index is 0.210. The fourth-order valence-electron chi connectivity index (χ4n) is 2.28. The SMILES string of the molecule is NCc1ccc(-c2nc(CC3CCCCO3)no2)nc1. The highest BCUT2D eigenvalue weighted by atomic mass is 16.5. The number of pyridine rings is 1. The van der Waals surface area contributed by atoms with Crippen LogP contribution in [0.25, 0.3) is 11.6 Å². The van der Waals surface area contributed by atoms with Gasteiger partial charge < -0.3 is 15.0 Å². The summed E-state index contributed by atoms with van der Waals surface area (Å²) in [5.41, 5.74) is 7.19. The molecule has 0 radical (unpaired) electrons. The van der Waals surface area contributed by atoms with Crippen molar-refractivity contribution < 1.29 is 9.26 Å². The predicted molar refractivity (Wildman–Crippen MR) is 72.7 cm³/mol. The summed E-state index contributed by atoms with van der Waals surface area (Å²) in [4.78, 5) is 8.65. The molecule has 0 aromatic carbocycles. The summed E-state index contributed by atoms with van der Waals surface area (Å²) < 4.78 is 10.9. The minimum absolute atomic E-state index is 0.210. The van der Waals surface area contributed by atoms with E-state index in [1.54, 1.807) is 6.20 Å². The van der Waals surface area contributed by atoms with Gasteiger partial charge in [-0.1, -0.05) is 11.2 Å². The Bertz CT molecular complexity index is 547. The highest BCUT2D eigenvalue weighted by molar-refractivity contribution is 5.46. The molecule has 0 saturated carbocycles. The van der Waals surface area contributed by atoms with E-state index in [-0.39, 0.29) is 6.10 Å². The number of nitrogens with two attached hydrogens (primary N) is 1. The molecule has 0 bridgehead atoms. The Balaban J connectivity index is 1.68. The summed E-state index contributed by atoms with van der Waals surface area (Å²) >= 11 is 0. The van der Waals surface area contributed by atoms with Crippen molar-refractivity contribution in [2.45, 2.75) is 38.3 Å². The summed E-state index contributed by atoms with van der Waals surface area (Å²) in [7, 11) is 0. The maximum atomic E-state index is 5.68. The molecular weight excluding hydrogens is 256 g/mol. The summed E-state index contributed by atoms with van der Waals surface area (Å²) in [6, 6.07) is 3.76. The molecular formula is C14H18N4O2. The number of hydrogen-bond donors (Lipinski definition) is 1. The number of hydrogen-bond acceptors (Lipinski definition) is 6. The maximum Gasteiger partial charge on any atom is 0.276 e. The highest BCUT2D eigenvalue weighted by Gasteiger charge is 2.18. The molecule has 6 nitrogen and oxygen atoms in total. The van der Waals surface area contributed by atoms with Crippen molar-refractivity contribution in [2.24, 2.45) is 5.73 Å². The van der Waals surface area contributed by atoms with E-state index in [1.165, 1.54) is 6.42 Å². The molecule has 106 valence electrons. The third-order valence-corrected chi connectivity index (χ3v) is 3.43. The molecule has 3 rings (SSSR count). The van der Waals surface area contributed by atoms with Crippen LogP contribution in [0.1, 0.15) is 30.7 Å². The molecule has 6 heteroatoms. The molecule has 0 spiro atoms. The van der Waals surface area contributed by atoms with Gasteiger partial charge in [-0.05, 0) is 30.9 Å². The Labute approximate surface area is 117 Å². The molecule has 1 atom stereocenters. The zero-order chi connectivity index (χ0) is 13.8. The lowest BCUT2D eigenvalue weighted by Gasteiger charge is -2.20. The number of aromatic nitrogens is 3. The van der Waals surface area contributed by atoms with Gasteiger partial charge in [-0.3, -0.25) is 4.98 Å². The lowest BCUT2D eigenvalue weighted by atomic mass is 10.1. The van der Waals surface area contributed by atoms with Crippen molar-refractivity contribution in [1.29, 1.82) is 0 Å². The average Bonchev–Trinajstić information content (AvgIpc) is 2.97. The van der Waals surface area contributed by atoms with Gasteiger partial charge in [0, 0.05) is 25.8 Å². The largest absolute Gasteiger partial charge is 0.378 e. The second-order valence-corrected chi connectivity index (χ2v) is 4.96. The first-order valence-corrected chi connectivity index (χ1v) is 6.94. The molecule has 1 saturated heterocycles. The standard InChI is InChI=1S/C14H18N4O2/c15-8-10-4-5-12(16-9-10)14-17-13(18-20-14)7-11-3-1-2-6-19-11/h4-5,9,11H,1-3,6-8,15H2. The Morgan fingerprint density at radius 3 is 2.95 bits per heavy atom. The van der Waals surface area contributed by atoms with E-state index in [1.807, 2.05) is 12.1 Å². The lowest BCUT2D eigenvalue weighted by molar-refractivity contribution is 0.0153. The van der Waals surface area contributed by atoms with Crippen LogP contribution in [0.5, 0.6) is 0 Å². The molecule has 20 heavy (non-hydrogen) atoms. The molecule has 0 amide bonds. The first-order chi connectivity index (χ1) is 9.85. The van der Waals surface area contributed by atoms with Gasteiger partial charge in [0.15, 0.2) is 5.82 Å². The van der Waals surface area contributed by atoms with Crippen LogP contribution in [0, 0.1) is 0 Å². The van der Waals surface area contributed by atoms with Crippen LogP contribution in [0.4, 0.5) is 0 Å². The monoisotopic (exact) mass is 274 g/mol. The van der Waals surface area contributed by atoms with Gasteiger partial charge in [0.05, 0.1) is 6.10 Å². The van der Waals surface area contributed by atoms with Crippen LogP contribution >= 0.6 is 0 Å². The number of ether oxygens (including phenoxy) is 1. The van der Waals surface area contributed by atoms with E-state index in [0.717, 1.165) is 25.0 Å². The minimum Gasteiger partial charge on any atom is -0.378 e. The normalized spacial score (nSPS) is 19.1. The van der Waals surface area contributed by atoms with Crippen LogP contribution in [-0.2, 0) is 17.7 Å². The van der Waals surface area contributed by atoms with Gasteiger partial charge in [0.25, 0.3) is 5.89 Å². The van der Waals surface area contributed by atoms with Crippen LogP contribution in [-0.4, -0.2) is 27.8 Å². The molecule has 1 aliphatic rings. The van der Waals surface area contributed by atoms with Gasteiger partial charge in [-0.15, -0.1) is 0 Å². The Kier molecular flexibility index (Phi) is 4.03. The fourth-order valence-corrected chi connectivity index (χ4v) is 2.28. The van der Waals surface area contributed by atoms with Crippen molar-refractivity contribution in [1.82, 2.24) is 15.1 Å². The molecule has 2 N–H and O–H groups in total. The van der Waals surface area contributed by atoms with E-state index in [9.17, 15) is 0 Å². The predicted octanol–water partition coefficient (Wildman–Crippen LogP) is 1.70. The first-order valence-electron chi connectivity index (χ1n) is 6.94. The third-order valence-electron chi connectivity index (χ3n) is 3.43. The van der Waals surface area contributed by atoms with Gasteiger partial charge in [-0.2, -0.15) is 4.98 Å². The van der Waals surface area contributed by atoms with Crippen LogP contribution in [0.2, 0.25) is 0 Å². The second kappa shape index (κ2) is 6.11. The van der Waals surface area contributed by atoms with Crippen LogP contribution < -0.4 is 5.73 Å². The van der Waals surface area contributed by atoms with E-state index in [4.69, 9.17) is 15.0 Å². The van der Waals surface area contributed by atoms with Gasteiger partial charge >= 0.3 is 0 Å². The zero-order valence-corrected chi connectivity index (χ0v) is 11.3. The molecule has 0 aliphatic carbocycles. The summed E-state index contributed by atoms with van der Waals surface area (Å²) in [5, 5.41) is 4.00. The summed E-state index contributed by atoms with van der Waals surface area (Å²) in [5.74, 6) is 1.12. The van der Waals surface area contributed by atoms with Crippen LogP contribution in [0.15, 0.2) is 22.9 Å². The van der Waals surface area contributed by atoms with E-state index < -0.39 is 0 Å². The van der Waals surface area contributed by atoms with Crippen molar-refractivity contribution >= 4 is 0 Å². The topological polar surface area (TPSA) is 87.1 Å². The van der Waals surface area contributed by atoms with E-state index in [0.29, 0.717) is 30.4 Å². The van der Waals surface area contributed by atoms with Crippen molar-refractivity contribution in [3.8, 4) is 11.6 Å². The van der Waals surface area contributed by atoms with Gasteiger partial charge in [0.1, 0.15) is 5.69 Å². The lowest BCUT2D eigenvalue weighted by Crippen LogP contribution is -2.21. The quantitative estimate of drug-likeness (QED) is 0.913. The number of nitrogens with zero attached hydrogens (tertiary/aromatic N) is 3. The fraction of sp³-hybridized carbons (Fsp3) is 0.500. The van der Waals surface area contributed by atoms with Crippen molar-refractivity contribution in [2.75, 3.05) is 6.61 Å². The third kappa shape index (κ3) is 3.02. The zero-order valence-electron chi connectivity index (χ0n) is 11.3. The summed E-state index contributed by atoms with van der Waals surface area (Å²) in [6.07, 6.45) is 6.05. The van der Waals surface area contributed by atoms with E-state index in [2.05, 4.69) is 15.1 Å². The maximum absolute atomic E-state index is 5.68. The Hall–Kier alpha value is -1.79. The summed E-state index contributed by atoms with van der Waals surface area (Å²) in [6.45, 7) is 1.30. The Morgan fingerprint density at radius 1 is 1.30 bits per heavy atom. The molecule has 2 aromatic rings. The van der Waals surface area contributed by atoms with E-state index >= 15 is 0 Å². The highest BCUT2D eigenvalue weighted by Crippen LogP contribution is 2.19. The average molecular weight is 274 g/mol. The Morgan fingerprint density at radius 2 is 2.25 bits per heavy atom. The molecule has 3 heterocycles. The first kappa shape index (κ1) is 13.2. The molecule has 1 fully saturated rings. The van der Waals surface area contributed by atoms with Gasteiger partial charge in [-0.25, -0.2) is 0 Å². The number of rotatable bonds is 4. The smallest absolute Gasteiger partial charge is 0.276 e.